The molecule has 9 heteroatoms. The number of carbonyl (C=O) groups excluding carboxylic acids is 2. The van der Waals surface area contributed by atoms with Gasteiger partial charge in [-0.05, 0) is 56.5 Å². The van der Waals surface area contributed by atoms with Gasteiger partial charge in [0.1, 0.15) is 4.88 Å². The van der Waals surface area contributed by atoms with Gasteiger partial charge in [0.25, 0.3) is 5.91 Å². The SMILES string of the molecule is Cc1cc(C)c(NC(=O)c2sc(NC(=O)Cc3ccc(N(O)O)cc3)nc2C)c(C)c1. The Morgan fingerprint density at radius 2 is 1.61 bits per heavy atom. The first kappa shape index (κ1) is 22.4. The molecule has 4 N–H and O–H groups in total. The second-order valence-corrected chi connectivity index (χ2v) is 8.34. The summed E-state index contributed by atoms with van der Waals surface area (Å²) in [5.74, 6) is -0.553. The van der Waals surface area contributed by atoms with Gasteiger partial charge >= 0.3 is 0 Å². The molecule has 0 bridgehead atoms. The number of aromatic nitrogens is 1. The Balaban J connectivity index is 1.67. The summed E-state index contributed by atoms with van der Waals surface area (Å²) in [6.07, 6.45) is 0.0824. The van der Waals surface area contributed by atoms with Gasteiger partial charge in [0.2, 0.25) is 5.91 Å². The molecule has 0 aliphatic heterocycles. The van der Waals surface area contributed by atoms with Crippen molar-refractivity contribution in [1.82, 2.24) is 4.98 Å². The smallest absolute Gasteiger partial charge is 0.267 e. The van der Waals surface area contributed by atoms with Gasteiger partial charge in [-0.25, -0.2) is 4.98 Å². The predicted molar refractivity (Wildman–Crippen MR) is 120 cm³/mol. The number of aryl methyl sites for hydroxylation is 4. The van der Waals surface area contributed by atoms with E-state index in [9.17, 15) is 9.59 Å². The first-order valence-electron chi connectivity index (χ1n) is 9.57. The summed E-state index contributed by atoms with van der Waals surface area (Å²) >= 11 is 1.12. The molecule has 0 unspecified atom stereocenters. The van der Waals surface area contributed by atoms with Crippen molar-refractivity contribution in [2.24, 2.45) is 0 Å². The highest BCUT2D eigenvalue weighted by Crippen LogP contribution is 2.27. The zero-order chi connectivity index (χ0) is 22.7. The molecule has 0 radical (unpaired) electrons. The summed E-state index contributed by atoms with van der Waals surface area (Å²) < 4.78 is 0. The molecule has 31 heavy (non-hydrogen) atoms. The summed E-state index contributed by atoms with van der Waals surface area (Å²) in [5.41, 5.74) is 5.30. The quantitative estimate of drug-likeness (QED) is 0.423. The van der Waals surface area contributed by atoms with Crippen molar-refractivity contribution in [3.63, 3.8) is 0 Å². The molecule has 8 nitrogen and oxygen atoms in total. The van der Waals surface area contributed by atoms with Crippen LogP contribution in [0.15, 0.2) is 36.4 Å². The van der Waals surface area contributed by atoms with E-state index in [-0.39, 0.29) is 29.1 Å². The zero-order valence-electron chi connectivity index (χ0n) is 17.7. The lowest BCUT2D eigenvalue weighted by atomic mass is 10.1. The molecule has 2 aromatic carbocycles. The number of nitrogens with one attached hydrogen (secondary N) is 2. The standard InChI is InChI=1S/C22H24N4O4S/c1-12-9-13(2)19(14(3)10-12)25-21(28)20-15(4)23-22(31-20)24-18(27)11-16-5-7-17(8-6-16)26(29)30/h5-10,29-30H,11H2,1-4H3,(H,25,28)(H,23,24,27). The van der Waals surface area contributed by atoms with Gasteiger partial charge < -0.3 is 10.6 Å². The fraction of sp³-hybridized carbons (Fsp3) is 0.227. The van der Waals surface area contributed by atoms with Crippen molar-refractivity contribution in [3.8, 4) is 0 Å². The minimum Gasteiger partial charge on any atom is -0.321 e. The van der Waals surface area contributed by atoms with E-state index >= 15 is 0 Å². The molecule has 0 saturated carbocycles. The molecule has 0 spiro atoms. The molecule has 0 fully saturated rings. The van der Waals surface area contributed by atoms with Crippen LogP contribution in [0.5, 0.6) is 0 Å². The lowest BCUT2D eigenvalue weighted by Crippen LogP contribution is -2.15. The van der Waals surface area contributed by atoms with E-state index in [2.05, 4.69) is 15.6 Å². The topological polar surface area (TPSA) is 115 Å². The van der Waals surface area contributed by atoms with Crippen molar-refractivity contribution < 1.29 is 20.0 Å². The van der Waals surface area contributed by atoms with Crippen LogP contribution in [0.25, 0.3) is 0 Å². The minimum absolute atomic E-state index is 0.00830. The monoisotopic (exact) mass is 440 g/mol. The number of carbonyl (C=O) groups is 2. The van der Waals surface area contributed by atoms with E-state index in [0.29, 0.717) is 21.3 Å². The lowest BCUT2D eigenvalue weighted by Gasteiger charge is -2.12. The van der Waals surface area contributed by atoms with Crippen LogP contribution in [0.3, 0.4) is 0 Å². The third-order valence-electron chi connectivity index (χ3n) is 4.70. The lowest BCUT2D eigenvalue weighted by molar-refractivity contribution is -0.115. The third kappa shape index (κ3) is 5.46. The molecule has 3 rings (SSSR count). The largest absolute Gasteiger partial charge is 0.321 e. The van der Waals surface area contributed by atoms with Crippen molar-refractivity contribution >= 4 is 39.7 Å². The summed E-state index contributed by atoms with van der Waals surface area (Å²) in [7, 11) is 0. The molecule has 2 amide bonds. The number of amides is 2. The number of thiazole rings is 1. The van der Waals surface area contributed by atoms with Crippen LogP contribution in [0.4, 0.5) is 16.5 Å². The minimum atomic E-state index is -0.288. The highest BCUT2D eigenvalue weighted by molar-refractivity contribution is 7.17. The van der Waals surface area contributed by atoms with Crippen LogP contribution in [0.2, 0.25) is 0 Å². The van der Waals surface area contributed by atoms with Crippen LogP contribution in [-0.4, -0.2) is 27.2 Å². The van der Waals surface area contributed by atoms with E-state index in [1.54, 1.807) is 19.1 Å². The summed E-state index contributed by atoms with van der Waals surface area (Å²) in [6.45, 7) is 7.64. The van der Waals surface area contributed by atoms with Crippen LogP contribution in [0, 0.1) is 27.7 Å². The molecular weight excluding hydrogens is 416 g/mol. The number of benzene rings is 2. The fourth-order valence-corrected chi connectivity index (χ4v) is 4.18. The van der Waals surface area contributed by atoms with E-state index < -0.39 is 0 Å². The Hall–Kier alpha value is -3.27. The van der Waals surface area contributed by atoms with Crippen molar-refractivity contribution in [2.75, 3.05) is 15.9 Å². The molecule has 0 aliphatic carbocycles. The van der Waals surface area contributed by atoms with Crippen molar-refractivity contribution in [2.45, 2.75) is 34.1 Å². The van der Waals surface area contributed by atoms with Gasteiger partial charge in [-0.15, -0.1) is 5.23 Å². The van der Waals surface area contributed by atoms with Crippen LogP contribution in [-0.2, 0) is 11.2 Å². The Morgan fingerprint density at radius 3 is 2.19 bits per heavy atom. The molecule has 0 aliphatic rings. The van der Waals surface area contributed by atoms with Gasteiger partial charge in [0, 0.05) is 5.69 Å². The zero-order valence-corrected chi connectivity index (χ0v) is 18.5. The van der Waals surface area contributed by atoms with E-state index in [4.69, 9.17) is 10.4 Å². The van der Waals surface area contributed by atoms with Crippen molar-refractivity contribution in [3.05, 3.63) is 69.2 Å². The number of anilines is 3. The van der Waals surface area contributed by atoms with Gasteiger partial charge in [-0.2, -0.15) is 0 Å². The Morgan fingerprint density at radius 1 is 1.00 bits per heavy atom. The molecule has 3 aromatic rings. The maximum absolute atomic E-state index is 12.8. The van der Waals surface area contributed by atoms with Gasteiger partial charge in [-0.3, -0.25) is 20.0 Å². The third-order valence-corrected chi connectivity index (χ3v) is 5.77. The number of nitrogens with zero attached hydrogens (tertiary/aromatic N) is 2. The summed E-state index contributed by atoms with van der Waals surface area (Å²) in [4.78, 5) is 29.9. The second-order valence-electron chi connectivity index (χ2n) is 7.34. The maximum atomic E-state index is 12.8. The molecule has 1 heterocycles. The van der Waals surface area contributed by atoms with Gasteiger partial charge in [0.15, 0.2) is 5.13 Å². The van der Waals surface area contributed by atoms with E-state index in [1.165, 1.54) is 12.1 Å². The van der Waals surface area contributed by atoms with Crippen LogP contribution in [0.1, 0.15) is 37.6 Å². The fourth-order valence-electron chi connectivity index (χ4n) is 3.30. The van der Waals surface area contributed by atoms with Gasteiger partial charge in [-0.1, -0.05) is 41.2 Å². The normalized spacial score (nSPS) is 10.6. The molecular formula is C22H24N4O4S. The van der Waals surface area contributed by atoms with Crippen molar-refractivity contribution in [1.29, 1.82) is 0 Å². The summed E-state index contributed by atoms with van der Waals surface area (Å²) in [5, 5.41) is 24.0. The van der Waals surface area contributed by atoms with Crippen LogP contribution < -0.4 is 15.9 Å². The first-order valence-corrected chi connectivity index (χ1v) is 10.4. The maximum Gasteiger partial charge on any atom is 0.267 e. The Labute approximate surface area is 184 Å². The first-order chi connectivity index (χ1) is 14.6. The molecule has 1 aromatic heterocycles. The Bertz CT molecular complexity index is 1100. The van der Waals surface area contributed by atoms with E-state index in [0.717, 1.165) is 33.7 Å². The second kappa shape index (κ2) is 9.25. The summed E-state index contributed by atoms with van der Waals surface area (Å²) in [6, 6.07) is 10.2. The number of hydrogen-bond donors (Lipinski definition) is 4. The molecule has 0 atom stereocenters. The van der Waals surface area contributed by atoms with Crippen LogP contribution >= 0.6 is 11.3 Å². The van der Waals surface area contributed by atoms with E-state index in [1.807, 2.05) is 32.9 Å². The number of hydrogen-bond acceptors (Lipinski definition) is 7. The average Bonchev–Trinajstić information content (AvgIpc) is 3.04. The molecule has 162 valence electrons. The van der Waals surface area contributed by atoms with Gasteiger partial charge in [0.05, 0.1) is 17.8 Å². The Kier molecular flexibility index (Phi) is 6.69. The number of rotatable bonds is 6. The highest BCUT2D eigenvalue weighted by atomic mass is 32.1. The molecule has 0 saturated heterocycles. The highest BCUT2D eigenvalue weighted by Gasteiger charge is 2.18. The predicted octanol–water partition coefficient (Wildman–Crippen LogP) is 4.40. The average molecular weight is 441 g/mol.